The molecule has 0 saturated heterocycles. The van der Waals surface area contributed by atoms with Gasteiger partial charge in [0, 0.05) is 67.3 Å². The fraction of sp³-hybridized carbons (Fsp3) is 0. The maximum Gasteiger partial charge on any atom is 0.252 e. The summed E-state index contributed by atoms with van der Waals surface area (Å²) < 4.78 is 2.28. The molecule has 0 radical (unpaired) electrons. The molecule has 0 aliphatic carbocycles. The number of para-hydroxylation sites is 3. The van der Waals surface area contributed by atoms with E-state index in [1.54, 1.807) is 0 Å². The van der Waals surface area contributed by atoms with Crippen LogP contribution < -0.4 is 26.2 Å². The third-order valence-corrected chi connectivity index (χ3v) is 19.0. The van der Waals surface area contributed by atoms with Crippen molar-refractivity contribution >= 4 is 79.0 Å². The largest absolute Gasteiger partial charge is 0.311 e. The van der Waals surface area contributed by atoms with Gasteiger partial charge in [-0.3, -0.25) is 0 Å². The smallest absolute Gasteiger partial charge is 0.252 e. The van der Waals surface area contributed by atoms with Crippen LogP contribution >= 0.6 is 0 Å². The highest BCUT2D eigenvalue weighted by Crippen LogP contribution is 2.49. The van der Waals surface area contributed by atoms with Crippen molar-refractivity contribution in [2.75, 3.05) is 9.80 Å². The van der Waals surface area contributed by atoms with Crippen molar-refractivity contribution in [1.29, 1.82) is 5.26 Å². The standard InChI is InChI=1S/C88H56BN7/c90-57-70-53-71(44-45-74(70)88-92-86(62-33-15-5-16-34-62)91-87(93-88)63-35-17-6-18-36-63)94-79-40-22-19-37-75(79)76-54-64(43-46-80(76)94)69-55-83-85-84(56-69)96(73-51-67(60-29-11-3-12-30-60)48-68(52-73)61-31-13-4-14-32-61)82-42-24-21-39-78(82)89(85)77-38-20-23-41-81(77)95(83)72-49-65(58-25-7-1-8-26-58)47-66(50-72)59-27-9-2-10-28-59/h1-56H. The minimum atomic E-state index is -0.104. The summed E-state index contributed by atoms with van der Waals surface area (Å²) in [5.74, 6) is 1.50. The first-order chi connectivity index (χ1) is 47.5. The molecule has 0 saturated carbocycles. The summed E-state index contributed by atoms with van der Waals surface area (Å²) in [4.78, 5) is 20.1. The lowest BCUT2D eigenvalue weighted by molar-refractivity contribution is 1.07. The number of hydrogen-bond donors (Lipinski definition) is 0. The van der Waals surface area contributed by atoms with E-state index < -0.39 is 0 Å². The minimum absolute atomic E-state index is 0.104. The van der Waals surface area contributed by atoms with Gasteiger partial charge in [-0.15, -0.1) is 0 Å². The van der Waals surface area contributed by atoms with Crippen molar-refractivity contribution in [3.05, 3.63) is 345 Å². The highest BCUT2D eigenvalue weighted by atomic mass is 15.2. The molecule has 7 nitrogen and oxygen atoms in total. The number of rotatable bonds is 11. The zero-order chi connectivity index (χ0) is 63.6. The molecule has 0 N–H and O–H groups in total. The van der Waals surface area contributed by atoms with Crippen molar-refractivity contribution < 1.29 is 0 Å². The summed E-state index contributed by atoms with van der Waals surface area (Å²) in [6.07, 6.45) is 0. The van der Waals surface area contributed by atoms with E-state index in [9.17, 15) is 5.26 Å². The summed E-state index contributed by atoms with van der Waals surface area (Å²) in [7, 11) is 0. The van der Waals surface area contributed by atoms with Crippen LogP contribution in [0.15, 0.2) is 340 Å². The average Bonchev–Trinajstić information content (AvgIpc) is 0.769. The number of hydrogen-bond acceptors (Lipinski definition) is 6. The molecule has 0 spiro atoms. The van der Waals surface area contributed by atoms with E-state index in [0.717, 1.165) is 128 Å². The maximum absolute atomic E-state index is 11.1. The Kier molecular flexibility index (Phi) is 13.6. The third kappa shape index (κ3) is 9.64. The average molecular weight is 1220 g/mol. The Morgan fingerprint density at radius 2 is 0.667 bits per heavy atom. The second-order valence-electron chi connectivity index (χ2n) is 24.6. The van der Waals surface area contributed by atoms with Crippen molar-refractivity contribution in [3.63, 3.8) is 0 Å². The van der Waals surface area contributed by atoms with Gasteiger partial charge in [0.2, 0.25) is 0 Å². The van der Waals surface area contributed by atoms with Crippen LogP contribution in [0.4, 0.5) is 34.1 Å². The Hall–Kier alpha value is -13.0. The van der Waals surface area contributed by atoms with Crippen LogP contribution in [0.5, 0.6) is 0 Å². The van der Waals surface area contributed by atoms with Crippen LogP contribution in [0.1, 0.15) is 5.56 Å². The Bertz CT molecular complexity index is 5360. The van der Waals surface area contributed by atoms with Crippen LogP contribution in [0.2, 0.25) is 0 Å². The van der Waals surface area contributed by atoms with Crippen LogP contribution in [0.3, 0.4) is 0 Å². The fourth-order valence-electron chi connectivity index (χ4n) is 14.6. The van der Waals surface area contributed by atoms with Gasteiger partial charge in [-0.2, -0.15) is 5.26 Å². The van der Waals surface area contributed by atoms with Crippen LogP contribution in [0, 0.1) is 11.3 Å². The highest BCUT2D eigenvalue weighted by Gasteiger charge is 2.44. The Balaban J connectivity index is 0.864. The number of fused-ring (bicyclic) bond motifs is 7. The Labute approximate surface area is 557 Å². The van der Waals surface area contributed by atoms with Gasteiger partial charge in [0.25, 0.3) is 6.71 Å². The molecule has 446 valence electrons. The SMILES string of the molecule is N#Cc1cc(-n2c3ccccc3c3cc(-c4cc5c6c(c4)N(c4cc(-c7ccccc7)cc(-c7ccccc7)c4)c4ccccc4B6c4ccccc4N5c4cc(-c5ccccc5)cc(-c5ccccc5)c4)ccc32)ccc1-c1nc(-c2ccccc2)nc(-c2ccccc2)n1. The molecule has 4 heterocycles. The molecule has 8 heteroatoms. The fourth-order valence-corrected chi connectivity index (χ4v) is 14.6. The highest BCUT2D eigenvalue weighted by molar-refractivity contribution is 7.00. The van der Waals surface area contributed by atoms with Gasteiger partial charge in [0.1, 0.15) is 0 Å². The monoisotopic (exact) mass is 1220 g/mol. The molecular weight excluding hydrogens is 1170 g/mol. The molecule has 0 unspecified atom stereocenters. The lowest BCUT2D eigenvalue weighted by Gasteiger charge is -2.44. The Morgan fingerprint density at radius 1 is 0.271 bits per heavy atom. The normalized spacial score (nSPS) is 12.1. The second-order valence-corrected chi connectivity index (χ2v) is 24.6. The van der Waals surface area contributed by atoms with Gasteiger partial charge in [-0.05, 0) is 169 Å². The summed E-state index contributed by atoms with van der Waals surface area (Å²) in [6.45, 7) is -0.104. The molecule has 96 heavy (non-hydrogen) atoms. The van der Waals surface area contributed by atoms with Crippen LogP contribution in [0.25, 0.3) is 117 Å². The van der Waals surface area contributed by atoms with E-state index in [1.165, 1.54) is 16.4 Å². The van der Waals surface area contributed by atoms with E-state index in [-0.39, 0.29) is 6.71 Å². The first-order valence-electron chi connectivity index (χ1n) is 32.5. The van der Waals surface area contributed by atoms with Crippen LogP contribution in [-0.2, 0) is 0 Å². The molecule has 2 aliphatic rings. The first kappa shape index (κ1) is 55.9. The van der Waals surface area contributed by atoms with Crippen molar-refractivity contribution in [2.45, 2.75) is 0 Å². The molecular formula is C88H56BN7. The van der Waals surface area contributed by atoms with E-state index in [4.69, 9.17) is 15.0 Å². The number of nitrogens with zero attached hydrogens (tertiary/aromatic N) is 7. The van der Waals surface area contributed by atoms with E-state index in [2.05, 4.69) is 287 Å². The second kappa shape index (κ2) is 23.3. The minimum Gasteiger partial charge on any atom is -0.311 e. The molecule has 0 atom stereocenters. The van der Waals surface area contributed by atoms with Gasteiger partial charge in [-0.25, -0.2) is 15.0 Å². The number of anilines is 6. The molecule has 0 amide bonds. The maximum atomic E-state index is 11.1. The number of nitriles is 1. The summed E-state index contributed by atoms with van der Waals surface area (Å²) in [5.41, 5.74) is 27.2. The summed E-state index contributed by atoms with van der Waals surface area (Å²) >= 11 is 0. The van der Waals surface area contributed by atoms with Crippen LogP contribution in [-0.4, -0.2) is 26.2 Å². The number of benzene rings is 14. The zero-order valence-corrected chi connectivity index (χ0v) is 52.0. The van der Waals surface area contributed by atoms with E-state index in [1.807, 2.05) is 72.8 Å². The summed E-state index contributed by atoms with van der Waals surface area (Å²) in [6, 6.07) is 124. The topological polar surface area (TPSA) is 73.9 Å². The number of aromatic nitrogens is 4. The molecule has 2 aliphatic heterocycles. The molecule has 14 aromatic carbocycles. The lowest BCUT2D eigenvalue weighted by atomic mass is 9.33. The van der Waals surface area contributed by atoms with Gasteiger partial charge in [0.05, 0.1) is 22.7 Å². The third-order valence-electron chi connectivity index (χ3n) is 19.0. The predicted molar refractivity (Wildman–Crippen MR) is 396 cm³/mol. The van der Waals surface area contributed by atoms with E-state index >= 15 is 0 Å². The molecule has 16 aromatic rings. The van der Waals surface area contributed by atoms with Gasteiger partial charge in [0.15, 0.2) is 17.5 Å². The predicted octanol–water partition coefficient (Wildman–Crippen LogP) is 20.3. The molecule has 0 bridgehead atoms. The van der Waals surface area contributed by atoms with Crippen molar-refractivity contribution in [1.82, 2.24) is 19.5 Å². The summed E-state index contributed by atoms with van der Waals surface area (Å²) in [5, 5.41) is 13.3. The molecule has 2 aromatic heterocycles. The first-order valence-corrected chi connectivity index (χ1v) is 32.5. The Morgan fingerprint density at radius 3 is 1.14 bits per heavy atom. The lowest BCUT2D eigenvalue weighted by Crippen LogP contribution is -2.61. The van der Waals surface area contributed by atoms with Crippen molar-refractivity contribution in [3.8, 4) is 102 Å². The van der Waals surface area contributed by atoms with Gasteiger partial charge < -0.3 is 14.4 Å². The molecule has 0 fully saturated rings. The quantitative estimate of drug-likeness (QED) is 0.120. The zero-order valence-electron chi connectivity index (χ0n) is 52.0. The molecule has 18 rings (SSSR count). The van der Waals surface area contributed by atoms with Gasteiger partial charge in [-0.1, -0.05) is 243 Å². The van der Waals surface area contributed by atoms with Gasteiger partial charge >= 0.3 is 0 Å². The van der Waals surface area contributed by atoms with E-state index in [0.29, 0.717) is 28.6 Å². The van der Waals surface area contributed by atoms with Crippen molar-refractivity contribution in [2.24, 2.45) is 0 Å².